The molecule has 1 aromatic carbocycles. The molecule has 174 valence electrons. The Morgan fingerprint density at radius 1 is 1.28 bits per heavy atom. The van der Waals surface area contributed by atoms with E-state index in [1.54, 1.807) is 21.7 Å². The smallest absolute Gasteiger partial charge is 0.257 e. The summed E-state index contributed by atoms with van der Waals surface area (Å²) in [5.74, 6) is 0.580. The van der Waals surface area contributed by atoms with Crippen LogP contribution in [0.25, 0.3) is 0 Å². The highest BCUT2D eigenvalue weighted by molar-refractivity contribution is 7.89. The lowest BCUT2D eigenvalue weighted by Gasteiger charge is -2.34. The monoisotopic (exact) mass is 463 g/mol. The number of benzene rings is 1. The number of likely N-dealkylation sites (tertiary alicyclic amines) is 1. The minimum atomic E-state index is -3.33. The first-order valence-corrected chi connectivity index (χ1v) is 12.6. The lowest BCUT2D eigenvalue weighted by molar-refractivity contribution is -0.0828. The van der Waals surface area contributed by atoms with Crippen LogP contribution >= 0.6 is 0 Å². The maximum Gasteiger partial charge on any atom is 0.257 e. The summed E-state index contributed by atoms with van der Waals surface area (Å²) in [5.41, 5.74) is 1.35. The first-order chi connectivity index (χ1) is 15.4. The average Bonchev–Trinajstić information content (AvgIpc) is 3.36. The van der Waals surface area contributed by atoms with Crippen LogP contribution in [0.5, 0.6) is 5.75 Å². The third-order valence-corrected chi connectivity index (χ3v) is 7.35. The van der Waals surface area contributed by atoms with Crippen LogP contribution in [0.1, 0.15) is 48.4 Å². The van der Waals surface area contributed by atoms with Gasteiger partial charge in [-0.15, -0.1) is 5.10 Å². The predicted octanol–water partition coefficient (Wildman–Crippen LogP) is 1.32. The van der Waals surface area contributed by atoms with Crippen LogP contribution in [-0.2, 0) is 34.5 Å². The van der Waals surface area contributed by atoms with Crippen LogP contribution in [0.3, 0.4) is 0 Å². The number of carbonyl (C=O) groups is 1. The van der Waals surface area contributed by atoms with Gasteiger partial charge in [0, 0.05) is 6.54 Å². The number of nitrogens with zero attached hydrogens (tertiary/aromatic N) is 4. The summed E-state index contributed by atoms with van der Waals surface area (Å²) in [6.45, 7) is 6.05. The zero-order valence-electron chi connectivity index (χ0n) is 18.4. The topological polar surface area (TPSA) is 116 Å². The van der Waals surface area contributed by atoms with Crippen molar-refractivity contribution in [1.29, 1.82) is 0 Å². The number of carbonyl (C=O) groups excluding carboxylic acids is 1. The maximum absolute atomic E-state index is 13.1. The molecule has 1 N–H and O–H groups in total. The van der Waals surface area contributed by atoms with Gasteiger partial charge in [-0.1, -0.05) is 24.3 Å². The molecule has 2 aromatic rings. The number of fused-ring (bicyclic) bond motifs is 1. The second kappa shape index (κ2) is 9.16. The number of sulfonamides is 1. The number of aromatic nitrogens is 3. The molecular formula is C21H29N5O5S. The van der Waals surface area contributed by atoms with Crippen molar-refractivity contribution in [1.82, 2.24) is 24.6 Å². The molecule has 0 bridgehead atoms. The highest BCUT2D eigenvalue weighted by Crippen LogP contribution is 2.34. The van der Waals surface area contributed by atoms with E-state index in [0.717, 1.165) is 5.69 Å². The maximum atomic E-state index is 13.1. The minimum absolute atomic E-state index is 0.0758. The molecule has 1 amide bonds. The lowest BCUT2D eigenvalue weighted by atomic mass is 10.0. The summed E-state index contributed by atoms with van der Waals surface area (Å²) < 4.78 is 40.0. The van der Waals surface area contributed by atoms with E-state index in [1.807, 2.05) is 26.0 Å². The molecule has 2 aliphatic rings. The summed E-state index contributed by atoms with van der Waals surface area (Å²) in [6, 6.07) is 7.26. The van der Waals surface area contributed by atoms with Crippen molar-refractivity contribution in [2.24, 2.45) is 0 Å². The van der Waals surface area contributed by atoms with Gasteiger partial charge in [0.05, 0.1) is 49.9 Å². The molecule has 32 heavy (non-hydrogen) atoms. The highest BCUT2D eigenvalue weighted by Gasteiger charge is 2.45. The number of para-hydroxylation sites is 1. The van der Waals surface area contributed by atoms with E-state index >= 15 is 0 Å². The van der Waals surface area contributed by atoms with E-state index in [9.17, 15) is 13.2 Å². The Morgan fingerprint density at radius 2 is 2.09 bits per heavy atom. The number of hydrogen-bond acceptors (Lipinski definition) is 7. The molecule has 1 atom stereocenters. The lowest BCUT2D eigenvalue weighted by Crippen LogP contribution is -2.45. The zero-order chi connectivity index (χ0) is 22.8. The molecule has 11 heteroatoms. The molecule has 10 nitrogen and oxygen atoms in total. The van der Waals surface area contributed by atoms with Gasteiger partial charge in [-0.25, -0.2) is 17.8 Å². The van der Waals surface area contributed by atoms with Gasteiger partial charge in [0.2, 0.25) is 10.0 Å². The van der Waals surface area contributed by atoms with Gasteiger partial charge in [0.15, 0.2) is 0 Å². The third kappa shape index (κ3) is 4.64. The van der Waals surface area contributed by atoms with Crippen LogP contribution < -0.4 is 9.46 Å². The number of nitrogens with one attached hydrogen (secondary N) is 1. The number of rotatable bonds is 8. The van der Waals surface area contributed by atoms with Crippen LogP contribution in [0, 0.1) is 0 Å². The Hall–Kier alpha value is -2.50. The number of amides is 1. The average molecular weight is 464 g/mol. The Balaban J connectivity index is 1.43. The Kier molecular flexibility index (Phi) is 6.50. The highest BCUT2D eigenvalue weighted by atomic mass is 32.2. The molecule has 3 heterocycles. The molecule has 1 unspecified atom stereocenters. The standard InChI is InChI=1S/C21H29N5O5S/c1-3-11-32(28,29)22-12-17-18-13-31-21(15-26(18)24-23-17)9-10-25(14-21)20(27)16-7-5-6-8-19(16)30-4-2/h5-8,22H,3-4,9-15H2,1-2H3. The third-order valence-electron chi connectivity index (χ3n) is 5.82. The fourth-order valence-electron chi connectivity index (χ4n) is 4.21. The SMILES string of the molecule is CCCS(=O)(=O)NCc1nnn2c1COC1(CCN(C(=O)c3ccccc3OCC)C1)C2. The predicted molar refractivity (Wildman–Crippen MR) is 117 cm³/mol. The van der Waals surface area contributed by atoms with Crippen molar-refractivity contribution >= 4 is 15.9 Å². The van der Waals surface area contributed by atoms with Crippen LogP contribution in [0.4, 0.5) is 0 Å². The zero-order valence-corrected chi connectivity index (χ0v) is 19.2. The normalized spacial score (nSPS) is 20.5. The molecule has 0 aliphatic carbocycles. The van der Waals surface area contributed by atoms with Crippen molar-refractivity contribution in [3.05, 3.63) is 41.2 Å². The second-order valence-corrected chi connectivity index (χ2v) is 10.1. The van der Waals surface area contributed by atoms with Crippen molar-refractivity contribution in [2.45, 2.75) is 52.0 Å². The van der Waals surface area contributed by atoms with Crippen LogP contribution in [0.15, 0.2) is 24.3 Å². The minimum Gasteiger partial charge on any atom is -0.493 e. The largest absolute Gasteiger partial charge is 0.493 e. The molecule has 1 spiro atoms. The Morgan fingerprint density at radius 3 is 2.88 bits per heavy atom. The molecular weight excluding hydrogens is 434 g/mol. The van der Waals surface area contributed by atoms with E-state index < -0.39 is 15.6 Å². The van der Waals surface area contributed by atoms with Gasteiger partial charge in [0.25, 0.3) is 5.91 Å². The van der Waals surface area contributed by atoms with Crippen molar-refractivity contribution < 1.29 is 22.7 Å². The second-order valence-electron chi connectivity index (χ2n) is 8.16. The van der Waals surface area contributed by atoms with Gasteiger partial charge in [0.1, 0.15) is 17.0 Å². The van der Waals surface area contributed by atoms with Gasteiger partial charge in [-0.05, 0) is 31.9 Å². The molecule has 1 fully saturated rings. The molecule has 0 saturated carbocycles. The van der Waals surface area contributed by atoms with E-state index in [4.69, 9.17) is 9.47 Å². The van der Waals surface area contributed by atoms with Gasteiger partial charge < -0.3 is 14.4 Å². The summed E-state index contributed by atoms with van der Waals surface area (Å²) in [5, 5.41) is 8.38. The first kappa shape index (κ1) is 22.7. The molecule has 4 rings (SSSR count). The van der Waals surface area contributed by atoms with Crippen molar-refractivity contribution in [2.75, 3.05) is 25.4 Å². The first-order valence-electron chi connectivity index (χ1n) is 10.9. The molecule has 1 saturated heterocycles. The fraction of sp³-hybridized carbons (Fsp3) is 0.571. The van der Waals surface area contributed by atoms with Crippen LogP contribution in [-0.4, -0.2) is 65.3 Å². The summed E-state index contributed by atoms with van der Waals surface area (Å²) in [4.78, 5) is 14.9. The summed E-state index contributed by atoms with van der Waals surface area (Å²) in [6.07, 6.45) is 1.23. The van der Waals surface area contributed by atoms with Gasteiger partial charge >= 0.3 is 0 Å². The molecule has 1 aromatic heterocycles. The van der Waals surface area contributed by atoms with Gasteiger partial charge in [-0.2, -0.15) is 0 Å². The van der Waals surface area contributed by atoms with Crippen LogP contribution in [0.2, 0.25) is 0 Å². The quantitative estimate of drug-likeness (QED) is 0.628. The summed E-state index contributed by atoms with van der Waals surface area (Å²) in [7, 11) is -3.33. The van der Waals surface area contributed by atoms with Crippen molar-refractivity contribution in [3.63, 3.8) is 0 Å². The number of ether oxygens (including phenoxy) is 2. The van der Waals surface area contributed by atoms with E-state index in [0.29, 0.717) is 56.1 Å². The Bertz CT molecular complexity index is 1090. The molecule has 2 aliphatic heterocycles. The van der Waals surface area contributed by atoms with Gasteiger partial charge in [-0.3, -0.25) is 4.79 Å². The molecule has 0 radical (unpaired) electrons. The van der Waals surface area contributed by atoms with E-state index in [-0.39, 0.29) is 24.8 Å². The fourth-order valence-corrected chi connectivity index (χ4v) is 5.25. The number of hydrogen-bond donors (Lipinski definition) is 1. The Labute approximate surface area is 187 Å². The van der Waals surface area contributed by atoms with E-state index in [2.05, 4.69) is 15.0 Å². The van der Waals surface area contributed by atoms with Crippen molar-refractivity contribution in [3.8, 4) is 5.75 Å². The van der Waals surface area contributed by atoms with E-state index in [1.165, 1.54) is 0 Å². The summed E-state index contributed by atoms with van der Waals surface area (Å²) >= 11 is 0.